The highest BCUT2D eigenvalue weighted by molar-refractivity contribution is 5.95. The first-order valence-electron chi connectivity index (χ1n) is 8.42. The van der Waals surface area contributed by atoms with Gasteiger partial charge in [0.2, 0.25) is 0 Å². The number of nitrogens with zero attached hydrogens (tertiary/aromatic N) is 2. The van der Waals surface area contributed by atoms with Gasteiger partial charge in [-0.25, -0.2) is 0 Å². The summed E-state index contributed by atoms with van der Waals surface area (Å²) in [6, 6.07) is 14.2. The van der Waals surface area contributed by atoms with E-state index >= 15 is 0 Å². The first-order chi connectivity index (χ1) is 12.5. The number of likely N-dealkylation sites (tertiary alicyclic amines) is 1. The molecule has 27 heavy (non-hydrogen) atoms. The van der Waals surface area contributed by atoms with Gasteiger partial charge in [-0.1, -0.05) is 30.3 Å². The van der Waals surface area contributed by atoms with Crippen molar-refractivity contribution in [3.05, 3.63) is 69.8 Å². The molecule has 1 aliphatic heterocycles. The van der Waals surface area contributed by atoms with E-state index in [1.165, 1.54) is 30.9 Å². The fourth-order valence-electron chi connectivity index (χ4n) is 3.50. The lowest BCUT2D eigenvalue weighted by molar-refractivity contribution is -0.385. The normalized spacial score (nSPS) is 18.7. The van der Waals surface area contributed by atoms with E-state index in [1.54, 1.807) is 4.90 Å². The number of benzene rings is 2. The molecule has 0 aliphatic carbocycles. The number of carbonyl (C=O) groups is 1. The number of amides is 1. The van der Waals surface area contributed by atoms with Crippen molar-refractivity contribution in [1.82, 2.24) is 4.90 Å². The van der Waals surface area contributed by atoms with E-state index in [2.05, 4.69) is 12.1 Å². The first kappa shape index (κ1) is 20.7. The molecule has 2 N–H and O–H groups in total. The van der Waals surface area contributed by atoms with Crippen LogP contribution in [-0.4, -0.2) is 42.5 Å². The van der Waals surface area contributed by atoms with Crippen LogP contribution in [0.2, 0.25) is 0 Å². The lowest BCUT2D eigenvalue weighted by Crippen LogP contribution is -2.29. The maximum Gasteiger partial charge on any atom is 0.310 e. The van der Waals surface area contributed by atoms with Gasteiger partial charge in [0, 0.05) is 36.7 Å². The molecule has 0 bridgehead atoms. The zero-order valence-electron chi connectivity index (χ0n) is 14.9. The van der Waals surface area contributed by atoms with Crippen molar-refractivity contribution in [1.29, 1.82) is 0 Å². The van der Waals surface area contributed by atoms with E-state index in [0.717, 1.165) is 0 Å². The molecule has 0 spiro atoms. The number of rotatable bonds is 5. The Bertz CT molecular complexity index is 816. The third-order valence-electron chi connectivity index (χ3n) is 4.88. The lowest BCUT2D eigenvalue weighted by atomic mass is 9.89. The molecule has 0 aromatic heterocycles. The maximum absolute atomic E-state index is 12.9. The predicted molar refractivity (Wildman–Crippen MR) is 105 cm³/mol. The van der Waals surface area contributed by atoms with Crippen LogP contribution in [0, 0.1) is 16.0 Å². The van der Waals surface area contributed by atoms with Gasteiger partial charge in [-0.3, -0.25) is 14.9 Å². The molecule has 0 saturated carbocycles. The van der Waals surface area contributed by atoms with Crippen LogP contribution >= 0.6 is 12.4 Å². The number of nitro groups is 1. The van der Waals surface area contributed by atoms with Crippen LogP contribution in [0.4, 0.5) is 5.69 Å². The summed E-state index contributed by atoms with van der Waals surface area (Å²) in [5, 5.41) is 11.0. The summed E-state index contributed by atoms with van der Waals surface area (Å²) >= 11 is 0. The average molecular weight is 392 g/mol. The highest BCUT2D eigenvalue weighted by Crippen LogP contribution is 2.34. The molecule has 8 heteroatoms. The van der Waals surface area contributed by atoms with E-state index in [0.29, 0.717) is 25.2 Å². The molecule has 7 nitrogen and oxygen atoms in total. The smallest absolute Gasteiger partial charge is 0.310 e. The lowest BCUT2D eigenvalue weighted by Gasteiger charge is -2.17. The van der Waals surface area contributed by atoms with Gasteiger partial charge in [-0.15, -0.1) is 12.4 Å². The number of nitrogens with two attached hydrogens (primary N) is 1. The second-order valence-electron chi connectivity index (χ2n) is 6.37. The van der Waals surface area contributed by atoms with E-state index in [-0.39, 0.29) is 41.6 Å². The monoisotopic (exact) mass is 391 g/mol. The van der Waals surface area contributed by atoms with Crippen molar-refractivity contribution >= 4 is 24.0 Å². The van der Waals surface area contributed by atoms with Crippen molar-refractivity contribution in [3.63, 3.8) is 0 Å². The molecule has 2 atom stereocenters. The number of hydrogen-bond donors (Lipinski definition) is 1. The molecule has 144 valence electrons. The van der Waals surface area contributed by atoms with Crippen LogP contribution in [-0.2, 0) is 0 Å². The van der Waals surface area contributed by atoms with Crippen molar-refractivity contribution in [2.45, 2.75) is 5.92 Å². The highest BCUT2D eigenvalue weighted by atomic mass is 35.5. The number of carbonyl (C=O) groups excluding carboxylic acids is 1. The SMILES string of the molecule is COc1cc(C(=O)N2C[C@@H](CN)[C@H](c3ccccc3)C2)ccc1[N+](=O)[O-].Cl. The minimum Gasteiger partial charge on any atom is -0.490 e. The Morgan fingerprint density at radius 2 is 1.96 bits per heavy atom. The third-order valence-corrected chi connectivity index (χ3v) is 4.88. The molecule has 1 saturated heterocycles. The van der Waals surface area contributed by atoms with Gasteiger partial charge >= 0.3 is 5.69 Å². The van der Waals surface area contributed by atoms with Crippen LogP contribution in [0.15, 0.2) is 48.5 Å². The van der Waals surface area contributed by atoms with E-state index in [9.17, 15) is 14.9 Å². The van der Waals surface area contributed by atoms with Crippen LogP contribution in [0.5, 0.6) is 5.75 Å². The Balaban J connectivity index is 0.00000261. The van der Waals surface area contributed by atoms with Crippen LogP contribution in [0.3, 0.4) is 0 Å². The Morgan fingerprint density at radius 1 is 1.26 bits per heavy atom. The third kappa shape index (κ3) is 4.20. The van der Waals surface area contributed by atoms with Gasteiger partial charge in [0.1, 0.15) is 0 Å². The molecule has 3 rings (SSSR count). The molecule has 1 aliphatic rings. The molecule has 0 unspecified atom stereocenters. The minimum atomic E-state index is -0.529. The number of ether oxygens (including phenoxy) is 1. The largest absolute Gasteiger partial charge is 0.490 e. The highest BCUT2D eigenvalue weighted by Gasteiger charge is 2.35. The average Bonchev–Trinajstić information content (AvgIpc) is 3.11. The first-order valence-corrected chi connectivity index (χ1v) is 8.42. The van der Waals surface area contributed by atoms with Crippen molar-refractivity contribution in [2.75, 3.05) is 26.7 Å². The predicted octanol–water partition coefficient (Wildman–Crippen LogP) is 2.84. The number of halogens is 1. The number of nitro benzene ring substituents is 1. The topological polar surface area (TPSA) is 98.7 Å². The Morgan fingerprint density at radius 3 is 2.56 bits per heavy atom. The molecule has 2 aromatic rings. The van der Waals surface area contributed by atoms with Gasteiger partial charge in [-0.05, 0) is 24.1 Å². The van der Waals surface area contributed by atoms with Crippen LogP contribution in [0.1, 0.15) is 21.8 Å². The van der Waals surface area contributed by atoms with E-state index in [4.69, 9.17) is 10.5 Å². The van der Waals surface area contributed by atoms with Crippen molar-refractivity contribution < 1.29 is 14.5 Å². The molecule has 1 fully saturated rings. The number of methoxy groups -OCH3 is 1. The summed E-state index contributed by atoms with van der Waals surface area (Å²) in [7, 11) is 1.35. The zero-order chi connectivity index (χ0) is 18.7. The van der Waals surface area contributed by atoms with Gasteiger partial charge in [-0.2, -0.15) is 0 Å². The van der Waals surface area contributed by atoms with E-state index in [1.807, 2.05) is 18.2 Å². The Hall–Kier alpha value is -2.64. The van der Waals surface area contributed by atoms with Crippen molar-refractivity contribution in [2.24, 2.45) is 11.7 Å². The summed E-state index contributed by atoms with van der Waals surface area (Å²) in [6.07, 6.45) is 0. The Labute approximate surface area is 163 Å². The summed E-state index contributed by atoms with van der Waals surface area (Å²) in [6.45, 7) is 1.63. The summed E-state index contributed by atoms with van der Waals surface area (Å²) in [5.41, 5.74) is 7.31. The number of hydrogen-bond acceptors (Lipinski definition) is 5. The van der Waals surface area contributed by atoms with Gasteiger partial charge in [0.25, 0.3) is 5.91 Å². The van der Waals surface area contributed by atoms with Gasteiger partial charge < -0.3 is 15.4 Å². The van der Waals surface area contributed by atoms with E-state index < -0.39 is 4.92 Å². The van der Waals surface area contributed by atoms with Gasteiger partial charge in [0.15, 0.2) is 5.75 Å². The molecule has 1 heterocycles. The summed E-state index contributed by atoms with van der Waals surface area (Å²) < 4.78 is 5.06. The zero-order valence-corrected chi connectivity index (χ0v) is 15.7. The quantitative estimate of drug-likeness (QED) is 0.624. The molecular weight excluding hydrogens is 370 g/mol. The molecular formula is C19H22ClN3O4. The second kappa shape index (κ2) is 8.83. The Kier molecular flexibility index (Phi) is 6.76. The standard InChI is InChI=1S/C19H21N3O4.ClH/c1-26-18-9-14(7-8-17(18)22(24)25)19(23)21-11-15(10-20)16(12-21)13-5-3-2-4-6-13;/h2-9,15-16H,10-12,20H2,1H3;1H/t15-,16+;/m1./s1. The fraction of sp³-hybridized carbons (Fsp3) is 0.316. The molecule has 2 aromatic carbocycles. The van der Waals surface area contributed by atoms with Gasteiger partial charge in [0.05, 0.1) is 12.0 Å². The second-order valence-corrected chi connectivity index (χ2v) is 6.37. The molecule has 0 radical (unpaired) electrons. The van der Waals surface area contributed by atoms with Crippen LogP contribution in [0.25, 0.3) is 0 Å². The summed E-state index contributed by atoms with van der Waals surface area (Å²) in [4.78, 5) is 25.1. The fourth-order valence-corrected chi connectivity index (χ4v) is 3.50. The summed E-state index contributed by atoms with van der Waals surface area (Å²) in [5.74, 6) is 0.275. The minimum absolute atomic E-state index is 0. The van der Waals surface area contributed by atoms with Crippen LogP contribution < -0.4 is 10.5 Å². The van der Waals surface area contributed by atoms with Crippen molar-refractivity contribution in [3.8, 4) is 5.75 Å². The molecule has 1 amide bonds. The maximum atomic E-state index is 12.9.